The average Bonchev–Trinajstić information content (AvgIpc) is 3.11. The van der Waals surface area contributed by atoms with Crippen LogP contribution in [0.2, 0.25) is 0 Å². The van der Waals surface area contributed by atoms with Crippen LogP contribution >= 0.6 is 0 Å². The monoisotopic (exact) mass is 433 g/mol. The van der Waals surface area contributed by atoms with Crippen LogP contribution in [0.4, 0.5) is 5.69 Å². The average molecular weight is 434 g/mol. The number of anilines is 1. The van der Waals surface area contributed by atoms with Gasteiger partial charge in [0.05, 0.1) is 12.2 Å². The number of piperidine rings is 1. The number of carbonyl (C=O) groups is 2. The van der Waals surface area contributed by atoms with Gasteiger partial charge in [-0.15, -0.1) is 0 Å². The topological polar surface area (TPSA) is 97.7 Å². The Morgan fingerprint density at radius 2 is 2.03 bits per heavy atom. The molecule has 1 aliphatic heterocycles. The minimum Gasteiger partial charge on any atom is -0.462 e. The zero-order valence-electron chi connectivity index (χ0n) is 17.4. The standard InChI is InChI=1S/C21H27N3O5S/c1-4-29-21(26)16-8-5-9-17(11-16)22-20(25)19-12-18(14-23(19)3)30(27,28)24-10-6-7-15(2)13-24/h5,8-9,11-12,14-15H,4,6-7,10,13H2,1-3H3,(H,22,25)/t15-/m0/s1. The lowest BCUT2D eigenvalue weighted by atomic mass is 10.0. The largest absolute Gasteiger partial charge is 0.462 e. The van der Waals surface area contributed by atoms with E-state index in [1.165, 1.54) is 27.2 Å². The van der Waals surface area contributed by atoms with E-state index in [0.29, 0.717) is 30.3 Å². The van der Waals surface area contributed by atoms with E-state index in [2.05, 4.69) is 5.32 Å². The SMILES string of the molecule is CCOC(=O)c1cccc(NC(=O)c2cc(S(=O)(=O)N3CCC[C@H](C)C3)cn2C)c1. The summed E-state index contributed by atoms with van der Waals surface area (Å²) in [7, 11) is -2.03. The molecule has 30 heavy (non-hydrogen) atoms. The summed E-state index contributed by atoms with van der Waals surface area (Å²) in [5, 5.41) is 2.71. The van der Waals surface area contributed by atoms with E-state index in [-0.39, 0.29) is 17.2 Å². The van der Waals surface area contributed by atoms with Crippen LogP contribution in [0, 0.1) is 5.92 Å². The summed E-state index contributed by atoms with van der Waals surface area (Å²) in [6.45, 7) is 4.99. The summed E-state index contributed by atoms with van der Waals surface area (Å²) in [4.78, 5) is 24.7. The number of ether oxygens (including phenoxy) is 1. The van der Waals surface area contributed by atoms with Crippen molar-refractivity contribution >= 4 is 27.6 Å². The molecule has 0 spiro atoms. The van der Waals surface area contributed by atoms with Crippen molar-refractivity contribution in [1.82, 2.24) is 8.87 Å². The smallest absolute Gasteiger partial charge is 0.338 e. The van der Waals surface area contributed by atoms with Crippen LogP contribution in [-0.4, -0.2) is 48.9 Å². The van der Waals surface area contributed by atoms with E-state index >= 15 is 0 Å². The van der Waals surface area contributed by atoms with Gasteiger partial charge in [0, 0.05) is 32.0 Å². The highest BCUT2D eigenvalue weighted by atomic mass is 32.2. The molecule has 0 saturated carbocycles. The third kappa shape index (κ3) is 4.73. The van der Waals surface area contributed by atoms with Gasteiger partial charge in [0.15, 0.2) is 0 Å². The Bertz CT molecular complexity index is 1040. The third-order valence-electron chi connectivity index (χ3n) is 5.10. The molecule has 0 aliphatic carbocycles. The van der Waals surface area contributed by atoms with Crippen molar-refractivity contribution in [1.29, 1.82) is 0 Å². The van der Waals surface area contributed by atoms with Crippen LogP contribution in [0.15, 0.2) is 41.4 Å². The summed E-state index contributed by atoms with van der Waals surface area (Å²) in [6.07, 6.45) is 3.30. The maximum Gasteiger partial charge on any atom is 0.338 e. The zero-order chi connectivity index (χ0) is 21.9. The van der Waals surface area contributed by atoms with Gasteiger partial charge in [-0.1, -0.05) is 13.0 Å². The quantitative estimate of drug-likeness (QED) is 0.707. The molecule has 1 saturated heterocycles. The molecule has 1 aromatic heterocycles. The summed E-state index contributed by atoms with van der Waals surface area (Å²) in [5.41, 5.74) is 0.949. The number of sulfonamides is 1. The van der Waals surface area contributed by atoms with E-state index < -0.39 is 21.9 Å². The molecule has 1 N–H and O–H groups in total. The third-order valence-corrected chi connectivity index (χ3v) is 6.93. The zero-order valence-corrected chi connectivity index (χ0v) is 18.2. The Kier molecular flexibility index (Phi) is 6.62. The summed E-state index contributed by atoms with van der Waals surface area (Å²) in [6, 6.07) is 7.79. The highest BCUT2D eigenvalue weighted by Crippen LogP contribution is 2.25. The Labute approximate surface area is 176 Å². The van der Waals surface area contributed by atoms with Crippen molar-refractivity contribution in [3.8, 4) is 0 Å². The first-order chi connectivity index (χ1) is 14.2. The molecular weight excluding hydrogens is 406 g/mol. The van der Waals surface area contributed by atoms with Crippen LogP contribution < -0.4 is 5.32 Å². The molecule has 1 atom stereocenters. The van der Waals surface area contributed by atoms with Crippen LogP contribution in [0.5, 0.6) is 0 Å². The van der Waals surface area contributed by atoms with Crippen molar-refractivity contribution in [2.45, 2.75) is 31.6 Å². The second kappa shape index (κ2) is 9.01. The fourth-order valence-corrected chi connectivity index (χ4v) is 5.22. The molecule has 162 valence electrons. The number of nitrogens with one attached hydrogen (secondary N) is 1. The van der Waals surface area contributed by atoms with E-state index in [1.807, 2.05) is 6.92 Å². The van der Waals surface area contributed by atoms with Gasteiger partial charge >= 0.3 is 5.97 Å². The first-order valence-corrected chi connectivity index (χ1v) is 11.4. The van der Waals surface area contributed by atoms with Crippen molar-refractivity contribution in [3.63, 3.8) is 0 Å². The first-order valence-electron chi connectivity index (χ1n) is 9.97. The fraction of sp³-hybridized carbons (Fsp3) is 0.429. The van der Waals surface area contributed by atoms with Gasteiger partial charge in [0.2, 0.25) is 10.0 Å². The molecule has 2 aromatic rings. The first kappa shape index (κ1) is 22.0. The van der Waals surface area contributed by atoms with Crippen LogP contribution in [0.1, 0.15) is 47.5 Å². The van der Waals surface area contributed by atoms with Crippen LogP contribution in [-0.2, 0) is 21.8 Å². The van der Waals surface area contributed by atoms with Gasteiger partial charge in [0.25, 0.3) is 5.91 Å². The van der Waals surface area contributed by atoms with E-state index in [1.54, 1.807) is 32.2 Å². The van der Waals surface area contributed by atoms with E-state index in [9.17, 15) is 18.0 Å². The molecule has 1 aromatic carbocycles. The molecule has 1 aliphatic rings. The highest BCUT2D eigenvalue weighted by molar-refractivity contribution is 7.89. The van der Waals surface area contributed by atoms with Crippen LogP contribution in [0.3, 0.4) is 0 Å². The number of carbonyl (C=O) groups excluding carboxylic acids is 2. The Morgan fingerprint density at radius 3 is 2.73 bits per heavy atom. The number of rotatable bonds is 6. The lowest BCUT2D eigenvalue weighted by Gasteiger charge is -2.29. The normalized spacial score (nSPS) is 17.5. The number of benzene rings is 1. The van der Waals surface area contributed by atoms with Crippen molar-refractivity contribution < 1.29 is 22.7 Å². The van der Waals surface area contributed by atoms with Gasteiger partial charge in [-0.3, -0.25) is 4.79 Å². The van der Waals surface area contributed by atoms with Gasteiger partial charge in [-0.2, -0.15) is 4.31 Å². The molecule has 2 heterocycles. The number of nitrogens with zero attached hydrogens (tertiary/aromatic N) is 2. The molecule has 0 bridgehead atoms. The maximum absolute atomic E-state index is 13.0. The number of aryl methyl sites for hydroxylation is 1. The minimum absolute atomic E-state index is 0.101. The van der Waals surface area contributed by atoms with Crippen LogP contribution in [0.25, 0.3) is 0 Å². The van der Waals surface area contributed by atoms with Gasteiger partial charge < -0.3 is 14.6 Å². The second-order valence-corrected chi connectivity index (χ2v) is 9.48. The number of amides is 1. The predicted molar refractivity (Wildman–Crippen MR) is 113 cm³/mol. The van der Waals surface area contributed by atoms with Gasteiger partial charge in [-0.25, -0.2) is 13.2 Å². The fourth-order valence-electron chi connectivity index (χ4n) is 3.55. The number of esters is 1. The molecule has 0 radical (unpaired) electrons. The summed E-state index contributed by atoms with van der Waals surface area (Å²) in [5.74, 6) is -0.629. The van der Waals surface area contributed by atoms with Crippen molar-refractivity contribution in [2.75, 3.05) is 25.0 Å². The second-order valence-electron chi connectivity index (χ2n) is 7.54. The molecule has 1 amide bonds. The highest BCUT2D eigenvalue weighted by Gasteiger charge is 2.30. The van der Waals surface area contributed by atoms with Crippen molar-refractivity contribution in [3.05, 3.63) is 47.8 Å². The molecular formula is C21H27N3O5S. The lowest BCUT2D eigenvalue weighted by Crippen LogP contribution is -2.38. The lowest BCUT2D eigenvalue weighted by molar-refractivity contribution is 0.0526. The number of hydrogen-bond acceptors (Lipinski definition) is 5. The number of aromatic nitrogens is 1. The predicted octanol–water partition coefficient (Wildman–Crippen LogP) is 2.87. The summed E-state index contributed by atoms with van der Waals surface area (Å²) < 4.78 is 33.9. The minimum atomic E-state index is -3.66. The number of hydrogen-bond donors (Lipinski definition) is 1. The van der Waals surface area contributed by atoms with Crippen molar-refractivity contribution in [2.24, 2.45) is 13.0 Å². The molecule has 0 unspecified atom stereocenters. The van der Waals surface area contributed by atoms with Gasteiger partial charge in [0.1, 0.15) is 10.6 Å². The van der Waals surface area contributed by atoms with E-state index in [0.717, 1.165) is 12.8 Å². The molecule has 8 nitrogen and oxygen atoms in total. The maximum atomic E-state index is 13.0. The molecule has 3 rings (SSSR count). The Hall–Kier alpha value is -2.65. The Morgan fingerprint density at radius 1 is 1.27 bits per heavy atom. The molecule has 9 heteroatoms. The summed E-state index contributed by atoms with van der Waals surface area (Å²) >= 11 is 0. The Balaban J connectivity index is 1.79. The molecule has 1 fully saturated rings. The van der Waals surface area contributed by atoms with E-state index in [4.69, 9.17) is 4.74 Å². The van der Waals surface area contributed by atoms with Gasteiger partial charge in [-0.05, 0) is 49.9 Å².